The van der Waals surface area contributed by atoms with Gasteiger partial charge in [-0.2, -0.15) is 5.26 Å². The number of hydrogen-bond donors (Lipinski definition) is 0. The molecule has 94 valence electrons. The maximum absolute atomic E-state index is 12.3. The molecular formula is C12H10Cl2N2O2. The van der Waals surface area contributed by atoms with Gasteiger partial charge < -0.3 is 9.64 Å². The Labute approximate surface area is 115 Å². The Morgan fingerprint density at radius 3 is 2.61 bits per heavy atom. The molecule has 1 aromatic rings. The molecule has 0 unspecified atom stereocenters. The number of amides is 1. The van der Waals surface area contributed by atoms with Crippen LogP contribution < -0.4 is 0 Å². The fourth-order valence-electron chi connectivity index (χ4n) is 1.76. The number of benzene rings is 1. The topological polar surface area (TPSA) is 53.3 Å². The van der Waals surface area contributed by atoms with E-state index in [9.17, 15) is 4.79 Å². The molecule has 0 N–H and O–H groups in total. The molecule has 2 rings (SSSR count). The van der Waals surface area contributed by atoms with E-state index in [-0.39, 0.29) is 27.1 Å². The van der Waals surface area contributed by atoms with Crippen LogP contribution in [-0.2, 0) is 4.74 Å². The first kappa shape index (κ1) is 13.2. The van der Waals surface area contributed by atoms with Gasteiger partial charge in [-0.25, -0.2) is 0 Å². The molecule has 0 bridgehead atoms. The Morgan fingerprint density at radius 2 is 2.00 bits per heavy atom. The minimum Gasteiger partial charge on any atom is -0.378 e. The summed E-state index contributed by atoms with van der Waals surface area (Å²) in [6, 6.07) is 4.95. The van der Waals surface area contributed by atoms with E-state index in [2.05, 4.69) is 0 Å². The van der Waals surface area contributed by atoms with Crippen molar-refractivity contribution < 1.29 is 9.53 Å². The van der Waals surface area contributed by atoms with E-state index in [4.69, 9.17) is 33.2 Å². The van der Waals surface area contributed by atoms with Crippen LogP contribution in [0, 0.1) is 11.3 Å². The van der Waals surface area contributed by atoms with Gasteiger partial charge in [0, 0.05) is 13.1 Å². The maximum atomic E-state index is 12.3. The lowest BCUT2D eigenvalue weighted by atomic mass is 10.1. The van der Waals surface area contributed by atoms with Gasteiger partial charge in [-0.1, -0.05) is 23.2 Å². The van der Waals surface area contributed by atoms with E-state index in [0.29, 0.717) is 26.3 Å². The first-order valence-electron chi connectivity index (χ1n) is 5.40. The SMILES string of the molecule is N#Cc1ccc(Cl)c(C(=O)N2CCOCC2)c1Cl. The van der Waals surface area contributed by atoms with Crippen LogP contribution in [-0.4, -0.2) is 37.1 Å². The molecule has 0 aliphatic carbocycles. The number of ether oxygens (including phenoxy) is 1. The van der Waals surface area contributed by atoms with Crippen LogP contribution in [0.5, 0.6) is 0 Å². The van der Waals surface area contributed by atoms with Crippen LogP contribution in [0.1, 0.15) is 15.9 Å². The van der Waals surface area contributed by atoms with Crippen molar-refractivity contribution in [1.82, 2.24) is 4.90 Å². The molecule has 1 fully saturated rings. The Kier molecular flexibility index (Phi) is 4.07. The largest absolute Gasteiger partial charge is 0.378 e. The van der Waals surface area contributed by atoms with Crippen LogP contribution in [0.15, 0.2) is 12.1 Å². The number of nitrogens with zero attached hydrogens (tertiary/aromatic N) is 2. The number of halogens is 2. The smallest absolute Gasteiger partial charge is 0.257 e. The highest BCUT2D eigenvalue weighted by atomic mass is 35.5. The van der Waals surface area contributed by atoms with Gasteiger partial charge in [0.25, 0.3) is 5.91 Å². The second-order valence-electron chi connectivity index (χ2n) is 3.80. The highest BCUT2D eigenvalue weighted by Crippen LogP contribution is 2.29. The van der Waals surface area contributed by atoms with Gasteiger partial charge in [-0.15, -0.1) is 0 Å². The number of rotatable bonds is 1. The lowest BCUT2D eigenvalue weighted by molar-refractivity contribution is 0.0303. The summed E-state index contributed by atoms with van der Waals surface area (Å²) >= 11 is 12.0. The predicted octanol–water partition coefficient (Wildman–Crippen LogP) is 2.34. The van der Waals surface area contributed by atoms with Crippen LogP contribution >= 0.6 is 23.2 Å². The summed E-state index contributed by atoms with van der Waals surface area (Å²) in [6.07, 6.45) is 0. The molecule has 18 heavy (non-hydrogen) atoms. The van der Waals surface area contributed by atoms with Crippen molar-refractivity contribution in [2.45, 2.75) is 0 Å². The normalized spacial score (nSPS) is 15.3. The number of carbonyl (C=O) groups excluding carboxylic acids is 1. The Balaban J connectivity index is 2.38. The van der Waals surface area contributed by atoms with Crippen LogP contribution in [0.4, 0.5) is 0 Å². The molecule has 0 spiro atoms. The van der Waals surface area contributed by atoms with Gasteiger partial charge in [0.05, 0.1) is 34.4 Å². The zero-order valence-corrected chi connectivity index (χ0v) is 11.0. The zero-order chi connectivity index (χ0) is 13.1. The van der Waals surface area contributed by atoms with E-state index in [1.54, 1.807) is 4.90 Å². The summed E-state index contributed by atoms with van der Waals surface area (Å²) < 4.78 is 5.18. The van der Waals surface area contributed by atoms with Crippen LogP contribution in [0.3, 0.4) is 0 Å². The highest BCUT2D eigenvalue weighted by molar-refractivity contribution is 6.40. The lowest BCUT2D eigenvalue weighted by Crippen LogP contribution is -2.41. The predicted molar refractivity (Wildman–Crippen MR) is 67.9 cm³/mol. The average molecular weight is 285 g/mol. The summed E-state index contributed by atoms with van der Waals surface area (Å²) in [5.74, 6) is -0.259. The molecule has 1 aromatic carbocycles. The zero-order valence-electron chi connectivity index (χ0n) is 9.45. The van der Waals surface area contributed by atoms with E-state index in [1.165, 1.54) is 12.1 Å². The Hall–Kier alpha value is -1.28. The van der Waals surface area contributed by atoms with E-state index in [1.807, 2.05) is 6.07 Å². The quantitative estimate of drug-likeness (QED) is 0.795. The molecule has 6 heteroatoms. The lowest BCUT2D eigenvalue weighted by Gasteiger charge is -2.27. The fourth-order valence-corrected chi connectivity index (χ4v) is 2.33. The van der Waals surface area contributed by atoms with Gasteiger partial charge in [0.15, 0.2) is 0 Å². The van der Waals surface area contributed by atoms with Gasteiger partial charge in [0.2, 0.25) is 0 Å². The third-order valence-electron chi connectivity index (χ3n) is 2.72. The molecule has 1 aliphatic heterocycles. The van der Waals surface area contributed by atoms with Crippen LogP contribution in [0.25, 0.3) is 0 Å². The van der Waals surface area contributed by atoms with Crippen LogP contribution in [0.2, 0.25) is 10.0 Å². The van der Waals surface area contributed by atoms with Gasteiger partial charge in [-0.05, 0) is 12.1 Å². The van der Waals surface area contributed by atoms with Gasteiger partial charge in [0.1, 0.15) is 6.07 Å². The van der Waals surface area contributed by atoms with Crippen molar-refractivity contribution in [2.24, 2.45) is 0 Å². The second-order valence-corrected chi connectivity index (χ2v) is 4.59. The Bertz CT molecular complexity index is 520. The summed E-state index contributed by atoms with van der Waals surface area (Å²) in [7, 11) is 0. The summed E-state index contributed by atoms with van der Waals surface area (Å²) in [5, 5.41) is 9.28. The molecule has 1 heterocycles. The number of morpholine rings is 1. The van der Waals surface area contributed by atoms with Crippen molar-refractivity contribution >= 4 is 29.1 Å². The molecule has 1 aliphatic rings. The molecule has 1 saturated heterocycles. The first-order valence-corrected chi connectivity index (χ1v) is 6.16. The number of carbonyl (C=O) groups is 1. The average Bonchev–Trinajstić information content (AvgIpc) is 2.40. The maximum Gasteiger partial charge on any atom is 0.257 e. The third-order valence-corrected chi connectivity index (χ3v) is 3.43. The monoisotopic (exact) mass is 284 g/mol. The summed E-state index contributed by atoms with van der Waals surface area (Å²) in [4.78, 5) is 13.9. The molecule has 0 atom stereocenters. The van der Waals surface area contributed by atoms with Crippen molar-refractivity contribution in [3.63, 3.8) is 0 Å². The van der Waals surface area contributed by atoms with Gasteiger partial charge in [-0.3, -0.25) is 4.79 Å². The van der Waals surface area contributed by atoms with E-state index < -0.39 is 0 Å². The minimum atomic E-state index is -0.259. The van der Waals surface area contributed by atoms with Crippen molar-refractivity contribution in [3.8, 4) is 6.07 Å². The van der Waals surface area contributed by atoms with Gasteiger partial charge >= 0.3 is 0 Å². The highest BCUT2D eigenvalue weighted by Gasteiger charge is 2.24. The van der Waals surface area contributed by atoms with Crippen molar-refractivity contribution in [3.05, 3.63) is 33.3 Å². The summed E-state index contributed by atoms with van der Waals surface area (Å²) in [6.45, 7) is 2.00. The fraction of sp³-hybridized carbons (Fsp3) is 0.333. The first-order chi connectivity index (χ1) is 8.65. The third kappa shape index (κ3) is 2.44. The minimum absolute atomic E-state index is 0.112. The molecule has 0 aromatic heterocycles. The molecule has 0 saturated carbocycles. The number of hydrogen-bond acceptors (Lipinski definition) is 3. The second kappa shape index (κ2) is 5.57. The molecule has 1 amide bonds. The molecular weight excluding hydrogens is 275 g/mol. The van der Waals surface area contributed by atoms with E-state index >= 15 is 0 Å². The number of nitriles is 1. The van der Waals surface area contributed by atoms with E-state index in [0.717, 1.165) is 0 Å². The van der Waals surface area contributed by atoms with Crippen molar-refractivity contribution in [1.29, 1.82) is 5.26 Å². The molecule has 4 nitrogen and oxygen atoms in total. The summed E-state index contributed by atoms with van der Waals surface area (Å²) in [5.41, 5.74) is 0.442. The molecule has 0 radical (unpaired) electrons. The Morgan fingerprint density at radius 1 is 1.33 bits per heavy atom. The standard InChI is InChI=1S/C12H10Cl2N2O2/c13-9-2-1-8(7-15)11(14)10(9)12(17)16-3-5-18-6-4-16/h1-2H,3-6H2. The van der Waals surface area contributed by atoms with Crippen molar-refractivity contribution in [2.75, 3.05) is 26.3 Å².